The van der Waals surface area contributed by atoms with Gasteiger partial charge < -0.3 is 4.98 Å². The van der Waals surface area contributed by atoms with Crippen LogP contribution >= 0.6 is 34.5 Å². The lowest BCUT2D eigenvalue weighted by molar-refractivity contribution is -0.120. The second-order valence-corrected chi connectivity index (χ2v) is 7.63. The van der Waals surface area contributed by atoms with E-state index in [0.29, 0.717) is 5.01 Å². The average Bonchev–Trinajstić information content (AvgIpc) is 3.18. The second-order valence-electron chi connectivity index (χ2n) is 5.47. The molecule has 0 atom stereocenters. The van der Waals surface area contributed by atoms with Gasteiger partial charge in [-0.25, -0.2) is 5.43 Å². The first-order valence-electron chi connectivity index (χ1n) is 7.74. The van der Waals surface area contributed by atoms with Crippen LogP contribution in [-0.2, 0) is 16.0 Å². The van der Waals surface area contributed by atoms with Gasteiger partial charge in [-0.05, 0) is 13.0 Å². The summed E-state index contributed by atoms with van der Waals surface area (Å²) in [5.74, 6) is -0.963. The highest BCUT2D eigenvalue weighted by Gasteiger charge is 2.15. The molecule has 27 heavy (non-hydrogen) atoms. The van der Waals surface area contributed by atoms with Crippen LogP contribution in [-0.4, -0.2) is 38.0 Å². The van der Waals surface area contributed by atoms with Gasteiger partial charge in [-0.1, -0.05) is 52.7 Å². The van der Waals surface area contributed by atoms with E-state index in [1.165, 1.54) is 0 Å². The van der Waals surface area contributed by atoms with Crippen LogP contribution in [0.2, 0.25) is 0 Å². The number of fused-ring (bicyclic) bond motifs is 1. The first-order valence-corrected chi connectivity index (χ1v) is 9.43. The van der Waals surface area contributed by atoms with Crippen molar-refractivity contribution in [2.45, 2.75) is 18.2 Å². The summed E-state index contributed by atoms with van der Waals surface area (Å²) in [6.45, 7) is 1.94. The fraction of sp³-hybridized carbons (Fsp3) is 0.188. The number of carbonyl (C=O) groups excluding carboxylic acids is 2. The van der Waals surface area contributed by atoms with Crippen molar-refractivity contribution in [1.29, 1.82) is 0 Å². The fourth-order valence-electron chi connectivity index (χ4n) is 2.35. The normalized spacial score (nSPS) is 11.4. The summed E-state index contributed by atoms with van der Waals surface area (Å²) in [6, 6.07) is 7.83. The zero-order valence-corrected chi connectivity index (χ0v) is 16.3. The third-order valence-electron chi connectivity index (χ3n) is 3.53. The monoisotopic (exact) mass is 424 g/mol. The van der Waals surface area contributed by atoms with Crippen LogP contribution < -0.4 is 10.7 Å². The molecule has 11 heteroatoms. The first kappa shape index (κ1) is 19.3. The molecule has 0 radical (unpaired) electrons. The van der Waals surface area contributed by atoms with Gasteiger partial charge in [-0.15, -0.1) is 10.2 Å². The predicted octanol–water partition coefficient (Wildman–Crippen LogP) is 2.76. The molecule has 3 aromatic rings. The van der Waals surface area contributed by atoms with E-state index in [2.05, 4.69) is 31.0 Å². The van der Waals surface area contributed by atoms with Crippen molar-refractivity contribution in [3.63, 3.8) is 0 Å². The molecule has 2 heterocycles. The second kappa shape index (κ2) is 8.47. The Morgan fingerprint density at radius 3 is 2.89 bits per heavy atom. The molecular weight excluding hydrogens is 411 g/mol. The molecular formula is C16H14Cl2N6O2S. The molecule has 2 aromatic heterocycles. The third-order valence-corrected chi connectivity index (χ3v) is 4.77. The van der Waals surface area contributed by atoms with E-state index in [0.717, 1.165) is 33.5 Å². The molecule has 3 N–H and O–H groups in total. The summed E-state index contributed by atoms with van der Waals surface area (Å²) in [4.78, 5) is 25.4. The average molecular weight is 425 g/mol. The van der Waals surface area contributed by atoms with Gasteiger partial charge in [0.15, 0.2) is 4.84 Å². The van der Waals surface area contributed by atoms with Crippen LogP contribution in [0.5, 0.6) is 0 Å². The molecule has 0 saturated carbocycles. The highest BCUT2D eigenvalue weighted by Crippen LogP contribution is 2.20. The minimum absolute atomic E-state index is 0.0249. The minimum Gasteiger partial charge on any atom is -0.358 e. The number of alkyl halides is 2. The van der Waals surface area contributed by atoms with Gasteiger partial charge in [-0.3, -0.25) is 14.9 Å². The van der Waals surface area contributed by atoms with Crippen LogP contribution in [0.4, 0.5) is 5.13 Å². The van der Waals surface area contributed by atoms with E-state index in [1.54, 1.807) is 6.21 Å². The number of carbonyl (C=O) groups is 2. The summed E-state index contributed by atoms with van der Waals surface area (Å²) >= 11 is 11.9. The number of amides is 2. The van der Waals surface area contributed by atoms with E-state index in [-0.39, 0.29) is 17.5 Å². The van der Waals surface area contributed by atoms with Crippen molar-refractivity contribution in [1.82, 2.24) is 20.6 Å². The van der Waals surface area contributed by atoms with Gasteiger partial charge in [-0.2, -0.15) is 5.10 Å². The van der Waals surface area contributed by atoms with Crippen LogP contribution in [0.15, 0.2) is 29.4 Å². The number of hydrogen-bond donors (Lipinski definition) is 3. The number of rotatable bonds is 6. The van der Waals surface area contributed by atoms with Crippen molar-refractivity contribution in [2.75, 3.05) is 5.32 Å². The Hall–Kier alpha value is -2.49. The molecule has 0 aliphatic carbocycles. The highest BCUT2D eigenvalue weighted by molar-refractivity contribution is 7.15. The number of H-pyrrole nitrogens is 1. The Morgan fingerprint density at radius 1 is 1.33 bits per heavy atom. The maximum atomic E-state index is 12.0. The van der Waals surface area contributed by atoms with E-state index < -0.39 is 10.7 Å². The number of halogens is 2. The number of aromatic nitrogens is 3. The van der Waals surface area contributed by atoms with Gasteiger partial charge in [0.05, 0.1) is 12.6 Å². The summed E-state index contributed by atoms with van der Waals surface area (Å²) in [5.41, 5.74) is 5.32. The van der Waals surface area contributed by atoms with Crippen LogP contribution in [0, 0.1) is 6.92 Å². The zero-order valence-electron chi connectivity index (χ0n) is 14.0. The van der Waals surface area contributed by atoms with Crippen molar-refractivity contribution in [2.24, 2.45) is 5.10 Å². The lowest BCUT2D eigenvalue weighted by Crippen LogP contribution is -2.19. The van der Waals surface area contributed by atoms with Gasteiger partial charge in [0.1, 0.15) is 5.01 Å². The summed E-state index contributed by atoms with van der Waals surface area (Å²) in [5, 5.41) is 15.6. The largest absolute Gasteiger partial charge is 0.358 e. The fourth-order valence-corrected chi connectivity index (χ4v) is 3.20. The Morgan fingerprint density at radius 2 is 2.11 bits per heavy atom. The number of benzene rings is 1. The van der Waals surface area contributed by atoms with Crippen LogP contribution in [0.25, 0.3) is 10.9 Å². The molecule has 0 aliphatic rings. The highest BCUT2D eigenvalue weighted by atomic mass is 35.5. The maximum absolute atomic E-state index is 12.0. The Labute approximate surface area is 168 Å². The predicted molar refractivity (Wildman–Crippen MR) is 107 cm³/mol. The lowest BCUT2D eigenvalue weighted by atomic mass is 10.1. The number of hydrogen-bond acceptors (Lipinski definition) is 6. The molecule has 0 fully saturated rings. The number of aromatic amines is 1. The zero-order chi connectivity index (χ0) is 19.4. The van der Waals surface area contributed by atoms with E-state index in [9.17, 15) is 9.59 Å². The maximum Gasteiger partial charge on any atom is 0.259 e. The lowest BCUT2D eigenvalue weighted by Gasteiger charge is -1.99. The number of aryl methyl sites for hydroxylation is 1. The summed E-state index contributed by atoms with van der Waals surface area (Å²) in [6.07, 6.45) is 1.57. The molecule has 8 nitrogen and oxygen atoms in total. The number of nitrogens with one attached hydrogen (secondary N) is 3. The topological polar surface area (TPSA) is 112 Å². The van der Waals surface area contributed by atoms with E-state index in [4.69, 9.17) is 23.2 Å². The van der Waals surface area contributed by atoms with Gasteiger partial charge in [0.2, 0.25) is 11.0 Å². The quantitative estimate of drug-likeness (QED) is 0.320. The number of nitrogens with zero attached hydrogens (tertiary/aromatic N) is 3. The van der Waals surface area contributed by atoms with Gasteiger partial charge in [0, 0.05) is 22.2 Å². The SMILES string of the molecule is Cc1[nH]c2ccccc2c1/C=N\NC(=O)Cc1nnc(NC(=O)C(Cl)Cl)s1. The molecule has 3 rings (SSSR count). The van der Waals surface area contributed by atoms with Crippen molar-refractivity contribution in [3.8, 4) is 0 Å². The smallest absolute Gasteiger partial charge is 0.259 e. The molecule has 0 spiro atoms. The minimum atomic E-state index is -1.21. The first-order chi connectivity index (χ1) is 12.9. The number of anilines is 1. The van der Waals surface area contributed by atoms with Crippen LogP contribution in [0.3, 0.4) is 0 Å². The molecule has 0 unspecified atom stereocenters. The molecule has 2 amide bonds. The van der Waals surface area contributed by atoms with Gasteiger partial charge >= 0.3 is 0 Å². The Kier molecular flexibility index (Phi) is 6.04. The van der Waals surface area contributed by atoms with Crippen LogP contribution in [0.1, 0.15) is 16.3 Å². The Bertz CT molecular complexity index is 1010. The van der Waals surface area contributed by atoms with Gasteiger partial charge in [0.25, 0.3) is 5.91 Å². The summed E-state index contributed by atoms with van der Waals surface area (Å²) in [7, 11) is 0. The molecule has 1 aromatic carbocycles. The third kappa shape index (κ3) is 4.82. The Balaban J connectivity index is 1.58. The molecule has 0 bridgehead atoms. The number of para-hydroxylation sites is 1. The number of hydrazone groups is 1. The van der Waals surface area contributed by atoms with Crippen molar-refractivity contribution >= 4 is 68.6 Å². The van der Waals surface area contributed by atoms with Crippen molar-refractivity contribution in [3.05, 3.63) is 40.5 Å². The summed E-state index contributed by atoms with van der Waals surface area (Å²) < 4.78 is 0. The molecule has 140 valence electrons. The van der Waals surface area contributed by atoms with E-state index in [1.807, 2.05) is 31.2 Å². The van der Waals surface area contributed by atoms with Crippen molar-refractivity contribution < 1.29 is 9.59 Å². The standard InChI is InChI=1S/C16H14Cl2N6O2S/c1-8-10(9-4-2-3-5-11(9)20-8)7-19-22-12(25)6-13-23-24-16(27-13)21-15(26)14(17)18/h2-5,7,14,20H,6H2,1H3,(H,22,25)(H,21,24,26)/b19-7-. The molecule has 0 aliphatic heterocycles. The van der Waals surface area contributed by atoms with E-state index >= 15 is 0 Å². The molecule has 0 saturated heterocycles.